The highest BCUT2D eigenvalue weighted by atomic mass is 32.2. The van der Waals surface area contributed by atoms with Crippen molar-refractivity contribution in [3.8, 4) is 0 Å². The van der Waals surface area contributed by atoms with E-state index in [1.807, 2.05) is 28.7 Å². The second-order valence-electron chi connectivity index (χ2n) is 6.16. The highest BCUT2D eigenvalue weighted by Gasteiger charge is 2.42. The van der Waals surface area contributed by atoms with E-state index < -0.39 is 0 Å². The Balaban J connectivity index is 1.53. The van der Waals surface area contributed by atoms with Crippen LogP contribution >= 0.6 is 11.8 Å². The summed E-state index contributed by atoms with van der Waals surface area (Å²) in [6.45, 7) is 0.777. The largest absolute Gasteiger partial charge is 0.337 e. The van der Waals surface area contributed by atoms with Gasteiger partial charge in [0.25, 0.3) is 0 Å². The smallest absolute Gasteiger partial charge is 0.315 e. The van der Waals surface area contributed by atoms with E-state index in [1.165, 1.54) is 25.7 Å². The van der Waals surface area contributed by atoms with Gasteiger partial charge < -0.3 is 10.6 Å². The van der Waals surface area contributed by atoms with Crippen molar-refractivity contribution in [3.63, 3.8) is 0 Å². The summed E-state index contributed by atoms with van der Waals surface area (Å²) >= 11 is 1.87. The van der Waals surface area contributed by atoms with E-state index in [1.54, 1.807) is 6.20 Å². The number of aromatic nitrogens is 2. The fraction of sp³-hybridized carbons (Fsp3) is 0.733. The van der Waals surface area contributed by atoms with Crippen LogP contribution in [-0.2, 0) is 0 Å². The van der Waals surface area contributed by atoms with E-state index >= 15 is 0 Å². The molecular weight excluding hydrogens is 284 g/mol. The molecule has 2 aliphatic carbocycles. The number of amides is 2. The van der Waals surface area contributed by atoms with Gasteiger partial charge in [-0.25, -0.2) is 4.79 Å². The van der Waals surface area contributed by atoms with Crippen LogP contribution in [0.5, 0.6) is 0 Å². The minimum absolute atomic E-state index is 0.0284. The van der Waals surface area contributed by atoms with Gasteiger partial charge in [0, 0.05) is 23.7 Å². The Hall–Kier alpha value is -1.17. The van der Waals surface area contributed by atoms with Gasteiger partial charge in [0.15, 0.2) is 0 Å². The zero-order valence-corrected chi connectivity index (χ0v) is 13.4. The molecule has 2 fully saturated rings. The van der Waals surface area contributed by atoms with Gasteiger partial charge in [-0.1, -0.05) is 12.8 Å². The summed E-state index contributed by atoms with van der Waals surface area (Å²) in [7, 11) is 0. The molecule has 2 atom stereocenters. The first-order valence-corrected chi connectivity index (χ1v) is 9.04. The first-order valence-electron chi connectivity index (χ1n) is 7.81. The van der Waals surface area contributed by atoms with Crippen molar-refractivity contribution in [1.29, 1.82) is 0 Å². The fourth-order valence-corrected chi connectivity index (χ4v) is 3.85. The van der Waals surface area contributed by atoms with Gasteiger partial charge in [0.2, 0.25) is 0 Å². The van der Waals surface area contributed by atoms with Crippen molar-refractivity contribution in [2.45, 2.75) is 55.4 Å². The average Bonchev–Trinajstić information content (AvgIpc) is 3.09. The molecule has 0 saturated heterocycles. The van der Waals surface area contributed by atoms with Crippen molar-refractivity contribution in [2.75, 3.05) is 12.8 Å². The first-order chi connectivity index (χ1) is 10.2. The highest BCUT2D eigenvalue weighted by Crippen LogP contribution is 2.46. The molecule has 6 heteroatoms. The predicted molar refractivity (Wildman–Crippen MR) is 85.5 cm³/mol. The normalized spacial score (nSPS) is 27.1. The fourth-order valence-electron chi connectivity index (χ4n) is 3.13. The number of carbonyl (C=O) groups excluding carboxylic acids is 1. The number of rotatable bonds is 5. The van der Waals surface area contributed by atoms with Crippen LogP contribution in [0.1, 0.15) is 44.6 Å². The Bertz CT molecular complexity index is 472. The second kappa shape index (κ2) is 6.30. The summed E-state index contributed by atoms with van der Waals surface area (Å²) in [5, 5.41) is 10.6. The summed E-state index contributed by atoms with van der Waals surface area (Å²) < 4.78 is 2.31. The van der Waals surface area contributed by atoms with E-state index in [2.05, 4.69) is 22.0 Å². The topological polar surface area (TPSA) is 59.0 Å². The molecule has 2 N–H and O–H groups in total. The van der Waals surface area contributed by atoms with Crippen LogP contribution in [-0.4, -0.2) is 39.4 Å². The summed E-state index contributed by atoms with van der Waals surface area (Å²) in [6.07, 6.45) is 12.9. The van der Waals surface area contributed by atoms with Crippen molar-refractivity contribution in [2.24, 2.45) is 0 Å². The maximum Gasteiger partial charge on any atom is 0.315 e. The highest BCUT2D eigenvalue weighted by molar-refractivity contribution is 8.00. The lowest BCUT2D eigenvalue weighted by Gasteiger charge is -2.32. The standard InChI is InChI=1S/C15H24N4OS/c1-21-15(7-8-15)11-16-14(20)18-12-5-2-3-6-13(12)19-10-4-9-17-19/h4,9-10,12-13H,2-3,5-8,11H2,1H3,(H2,16,18,20)/t12-,13-/m1/s1. The lowest BCUT2D eigenvalue weighted by molar-refractivity contribution is 0.214. The van der Waals surface area contributed by atoms with Crippen LogP contribution < -0.4 is 10.6 Å². The molecule has 116 valence electrons. The molecule has 1 aromatic rings. The minimum Gasteiger partial charge on any atom is -0.337 e. The van der Waals surface area contributed by atoms with Gasteiger partial charge in [0.05, 0.1) is 12.1 Å². The third-order valence-electron chi connectivity index (χ3n) is 4.72. The number of hydrogen-bond acceptors (Lipinski definition) is 3. The summed E-state index contributed by atoms with van der Waals surface area (Å²) in [6, 6.07) is 2.39. The average molecular weight is 308 g/mol. The lowest BCUT2D eigenvalue weighted by Crippen LogP contribution is -2.48. The molecule has 0 spiro atoms. The molecule has 0 radical (unpaired) electrons. The number of nitrogens with zero attached hydrogens (tertiary/aromatic N) is 2. The molecule has 0 bridgehead atoms. The van der Waals surface area contributed by atoms with Crippen molar-refractivity contribution in [1.82, 2.24) is 20.4 Å². The Labute approximate surface area is 130 Å². The molecule has 21 heavy (non-hydrogen) atoms. The molecule has 0 aliphatic heterocycles. The van der Waals surface area contributed by atoms with E-state index in [4.69, 9.17) is 0 Å². The van der Waals surface area contributed by atoms with Crippen LogP contribution in [0.15, 0.2) is 18.5 Å². The molecular formula is C15H24N4OS. The van der Waals surface area contributed by atoms with Crippen LogP contribution in [0, 0.1) is 0 Å². The van der Waals surface area contributed by atoms with Crippen molar-refractivity contribution < 1.29 is 4.79 Å². The molecule has 2 amide bonds. The first kappa shape index (κ1) is 14.8. The molecule has 0 aromatic carbocycles. The third-order valence-corrected chi connectivity index (χ3v) is 6.14. The van der Waals surface area contributed by atoms with Gasteiger partial charge in [-0.2, -0.15) is 16.9 Å². The summed E-state index contributed by atoms with van der Waals surface area (Å²) in [4.78, 5) is 12.2. The maximum atomic E-state index is 12.2. The van der Waals surface area contributed by atoms with E-state index in [0.29, 0.717) is 4.75 Å². The Morgan fingerprint density at radius 3 is 2.90 bits per heavy atom. The van der Waals surface area contributed by atoms with E-state index in [0.717, 1.165) is 19.4 Å². The summed E-state index contributed by atoms with van der Waals surface area (Å²) in [5.41, 5.74) is 0. The number of hydrogen-bond donors (Lipinski definition) is 2. The van der Waals surface area contributed by atoms with E-state index in [9.17, 15) is 4.79 Å². The lowest BCUT2D eigenvalue weighted by atomic mass is 9.90. The zero-order chi connectivity index (χ0) is 14.7. The van der Waals surface area contributed by atoms with Crippen LogP contribution in [0.4, 0.5) is 4.79 Å². The predicted octanol–water partition coefficient (Wildman–Crippen LogP) is 2.56. The van der Waals surface area contributed by atoms with Gasteiger partial charge in [-0.15, -0.1) is 0 Å². The second-order valence-corrected chi connectivity index (χ2v) is 7.43. The Morgan fingerprint density at radius 2 is 2.24 bits per heavy atom. The molecule has 2 aliphatic rings. The summed E-state index contributed by atoms with van der Waals surface area (Å²) in [5.74, 6) is 0. The third kappa shape index (κ3) is 3.54. The van der Waals surface area contributed by atoms with Gasteiger partial charge in [0.1, 0.15) is 0 Å². The Morgan fingerprint density at radius 1 is 1.43 bits per heavy atom. The van der Waals surface area contributed by atoms with Crippen LogP contribution in [0.25, 0.3) is 0 Å². The monoisotopic (exact) mass is 308 g/mol. The number of urea groups is 1. The molecule has 1 aromatic heterocycles. The Kier molecular flexibility index (Phi) is 4.42. The minimum atomic E-state index is -0.0284. The van der Waals surface area contributed by atoms with E-state index in [-0.39, 0.29) is 18.1 Å². The van der Waals surface area contributed by atoms with Crippen LogP contribution in [0.2, 0.25) is 0 Å². The van der Waals surface area contributed by atoms with Crippen molar-refractivity contribution >= 4 is 17.8 Å². The van der Waals surface area contributed by atoms with Crippen LogP contribution in [0.3, 0.4) is 0 Å². The molecule has 5 nitrogen and oxygen atoms in total. The zero-order valence-electron chi connectivity index (χ0n) is 12.5. The number of nitrogens with one attached hydrogen (secondary N) is 2. The van der Waals surface area contributed by atoms with Crippen molar-refractivity contribution in [3.05, 3.63) is 18.5 Å². The van der Waals surface area contributed by atoms with Gasteiger partial charge >= 0.3 is 6.03 Å². The molecule has 3 rings (SSSR count). The number of carbonyl (C=O) groups is 1. The number of thioether (sulfide) groups is 1. The maximum absolute atomic E-state index is 12.2. The molecule has 1 heterocycles. The molecule has 0 unspecified atom stereocenters. The van der Waals surface area contributed by atoms with Gasteiger partial charge in [-0.05, 0) is 38.0 Å². The quantitative estimate of drug-likeness (QED) is 0.879. The SMILES string of the molecule is CSC1(CNC(=O)N[C@@H]2CCCC[C@H]2n2cccn2)CC1. The van der Waals surface area contributed by atoms with Gasteiger partial charge in [-0.3, -0.25) is 4.68 Å². The molecule has 2 saturated carbocycles.